The molecular weight excluding hydrogens is 336 g/mol. The molecule has 4 rings (SSSR count). The first-order chi connectivity index (χ1) is 12.8. The highest BCUT2D eigenvalue weighted by Crippen LogP contribution is 2.67. The van der Waals surface area contributed by atoms with Crippen LogP contribution in [0.3, 0.4) is 0 Å². The van der Waals surface area contributed by atoms with Gasteiger partial charge in [0.2, 0.25) is 0 Å². The number of hydrogen-bond acceptors (Lipinski definition) is 2. The van der Waals surface area contributed by atoms with E-state index < -0.39 is 5.97 Å². The van der Waals surface area contributed by atoms with E-state index in [4.69, 9.17) is 5.11 Å². The van der Waals surface area contributed by atoms with Crippen molar-refractivity contribution in [3.05, 3.63) is 0 Å². The lowest BCUT2D eigenvalue weighted by molar-refractivity contribution is -0.157. The van der Waals surface area contributed by atoms with E-state index in [-0.39, 0.29) is 11.8 Å². The van der Waals surface area contributed by atoms with E-state index in [0.29, 0.717) is 41.3 Å². The number of carbonyl (C=O) groups excluding carboxylic acids is 1. The summed E-state index contributed by atoms with van der Waals surface area (Å²) in [4.78, 5) is 24.6. The molecule has 27 heavy (non-hydrogen) atoms. The smallest absolute Gasteiger partial charge is 0.303 e. The van der Waals surface area contributed by atoms with Gasteiger partial charge >= 0.3 is 5.97 Å². The molecule has 0 aromatic carbocycles. The molecule has 0 amide bonds. The second-order valence-corrected chi connectivity index (χ2v) is 10.9. The van der Waals surface area contributed by atoms with Crippen LogP contribution in [-0.4, -0.2) is 16.9 Å². The number of ketones is 1. The van der Waals surface area contributed by atoms with Crippen LogP contribution in [0, 0.1) is 46.3 Å². The first-order valence-electron chi connectivity index (χ1n) is 11.5. The van der Waals surface area contributed by atoms with Crippen LogP contribution in [0.1, 0.15) is 91.4 Å². The topological polar surface area (TPSA) is 54.4 Å². The van der Waals surface area contributed by atoms with Gasteiger partial charge in [0.15, 0.2) is 0 Å². The van der Waals surface area contributed by atoms with Gasteiger partial charge < -0.3 is 5.11 Å². The zero-order chi connectivity index (χ0) is 19.4. The Bertz CT molecular complexity index is 613. The monoisotopic (exact) mass is 374 g/mol. The quantitative estimate of drug-likeness (QED) is 0.685. The summed E-state index contributed by atoms with van der Waals surface area (Å²) in [5.74, 6) is 3.24. The molecule has 0 spiro atoms. The summed E-state index contributed by atoms with van der Waals surface area (Å²) >= 11 is 0. The van der Waals surface area contributed by atoms with Gasteiger partial charge in [-0.05, 0) is 85.9 Å². The molecule has 4 fully saturated rings. The molecule has 1 N–H and O–H groups in total. The average molecular weight is 375 g/mol. The third-order valence-corrected chi connectivity index (χ3v) is 10.0. The van der Waals surface area contributed by atoms with Gasteiger partial charge in [0.1, 0.15) is 5.78 Å². The SMILES string of the molecule is CC(CCC(=O)O)C1CCC2[C@@H]3CC[C@@H]4CCCC[C@]4(C)C3CC(=O)[C@]12C. The first-order valence-corrected chi connectivity index (χ1v) is 11.5. The van der Waals surface area contributed by atoms with Crippen molar-refractivity contribution in [2.45, 2.75) is 91.4 Å². The highest BCUT2D eigenvalue weighted by atomic mass is 16.4. The minimum absolute atomic E-state index is 0.197. The highest BCUT2D eigenvalue weighted by molar-refractivity contribution is 5.87. The second-order valence-electron chi connectivity index (χ2n) is 10.9. The van der Waals surface area contributed by atoms with Crippen LogP contribution >= 0.6 is 0 Å². The lowest BCUT2D eigenvalue weighted by Gasteiger charge is -2.60. The van der Waals surface area contributed by atoms with Crippen LogP contribution in [-0.2, 0) is 9.59 Å². The largest absolute Gasteiger partial charge is 0.481 e. The van der Waals surface area contributed by atoms with Gasteiger partial charge in [0, 0.05) is 18.3 Å². The number of aliphatic carboxylic acids is 1. The molecule has 4 unspecified atom stereocenters. The minimum Gasteiger partial charge on any atom is -0.481 e. The Morgan fingerprint density at radius 1 is 1.11 bits per heavy atom. The van der Waals surface area contributed by atoms with E-state index in [2.05, 4.69) is 20.8 Å². The molecule has 0 aromatic heterocycles. The minimum atomic E-state index is -0.708. The zero-order valence-electron chi connectivity index (χ0n) is 17.5. The van der Waals surface area contributed by atoms with E-state index >= 15 is 0 Å². The van der Waals surface area contributed by atoms with Gasteiger partial charge in [-0.1, -0.05) is 33.6 Å². The molecule has 0 aliphatic heterocycles. The number of carboxylic acid groups (broad SMARTS) is 1. The van der Waals surface area contributed by atoms with E-state index in [9.17, 15) is 9.59 Å². The van der Waals surface area contributed by atoms with E-state index in [1.165, 1.54) is 44.9 Å². The number of hydrogen-bond donors (Lipinski definition) is 1. The fourth-order valence-electron chi connectivity index (χ4n) is 8.50. The third kappa shape index (κ3) is 2.90. The van der Waals surface area contributed by atoms with E-state index in [1.54, 1.807) is 0 Å². The standard InChI is InChI=1S/C24H38O3/c1-15(7-12-22(26)27)18-10-11-19-17-9-8-16-6-4-5-13-23(16,2)20(17)14-21(25)24(18,19)3/h15-20H,4-14H2,1-3H3,(H,26,27)/t15?,16-,17-,18?,19?,20?,23-,24+/m0/s1. The summed E-state index contributed by atoms with van der Waals surface area (Å²) in [5, 5.41) is 9.08. The second kappa shape index (κ2) is 6.88. The summed E-state index contributed by atoms with van der Waals surface area (Å²) in [6.07, 6.45) is 12.2. The summed E-state index contributed by atoms with van der Waals surface area (Å²) in [6.45, 7) is 6.98. The molecule has 0 radical (unpaired) electrons. The molecule has 4 saturated carbocycles. The van der Waals surface area contributed by atoms with Crippen molar-refractivity contribution in [2.75, 3.05) is 0 Å². The van der Waals surface area contributed by atoms with Crippen molar-refractivity contribution in [1.82, 2.24) is 0 Å². The number of carboxylic acids is 1. The number of carbonyl (C=O) groups is 2. The zero-order valence-corrected chi connectivity index (χ0v) is 17.5. The van der Waals surface area contributed by atoms with Crippen molar-refractivity contribution in [1.29, 1.82) is 0 Å². The Kier molecular flexibility index (Phi) is 4.96. The predicted molar refractivity (Wildman–Crippen MR) is 106 cm³/mol. The van der Waals surface area contributed by atoms with Crippen molar-refractivity contribution >= 4 is 11.8 Å². The maximum atomic E-state index is 13.6. The Labute approximate surface area is 164 Å². The van der Waals surface area contributed by atoms with Gasteiger partial charge in [0.05, 0.1) is 0 Å². The molecule has 4 aliphatic carbocycles. The molecule has 4 aliphatic rings. The van der Waals surface area contributed by atoms with Crippen molar-refractivity contribution in [3.8, 4) is 0 Å². The average Bonchev–Trinajstić information content (AvgIpc) is 2.99. The summed E-state index contributed by atoms with van der Waals surface area (Å²) < 4.78 is 0. The summed E-state index contributed by atoms with van der Waals surface area (Å²) in [5.41, 5.74) is 0.197. The molecule has 0 bridgehead atoms. The Morgan fingerprint density at radius 3 is 2.63 bits per heavy atom. The fraction of sp³-hybridized carbons (Fsp3) is 0.917. The van der Waals surface area contributed by atoms with Gasteiger partial charge in [-0.2, -0.15) is 0 Å². The summed E-state index contributed by atoms with van der Waals surface area (Å²) in [6, 6.07) is 0. The fourth-order valence-corrected chi connectivity index (χ4v) is 8.50. The van der Waals surface area contributed by atoms with E-state index in [0.717, 1.165) is 24.7 Å². The van der Waals surface area contributed by atoms with Crippen LogP contribution in [0.4, 0.5) is 0 Å². The first kappa shape index (κ1) is 19.5. The molecular formula is C24H38O3. The Morgan fingerprint density at radius 2 is 1.89 bits per heavy atom. The number of rotatable bonds is 4. The molecule has 0 saturated heterocycles. The maximum absolute atomic E-state index is 13.6. The van der Waals surface area contributed by atoms with Crippen molar-refractivity contribution < 1.29 is 14.7 Å². The molecule has 0 aromatic rings. The van der Waals surface area contributed by atoms with Crippen LogP contribution in [0.2, 0.25) is 0 Å². The Hall–Kier alpha value is -0.860. The van der Waals surface area contributed by atoms with Gasteiger partial charge in [-0.15, -0.1) is 0 Å². The predicted octanol–water partition coefficient (Wildman–Crippen LogP) is 5.72. The molecule has 8 atom stereocenters. The van der Waals surface area contributed by atoms with E-state index in [1.807, 2.05) is 0 Å². The third-order valence-electron chi connectivity index (χ3n) is 10.0. The van der Waals surface area contributed by atoms with Gasteiger partial charge in [-0.25, -0.2) is 0 Å². The number of Topliss-reactive ketones (excluding diaryl/α,β-unsaturated/α-hetero) is 1. The van der Waals surface area contributed by atoms with Gasteiger partial charge in [0.25, 0.3) is 0 Å². The normalized spacial score (nSPS) is 47.7. The molecule has 152 valence electrons. The van der Waals surface area contributed by atoms with Crippen LogP contribution in [0.15, 0.2) is 0 Å². The number of fused-ring (bicyclic) bond motifs is 5. The molecule has 3 heteroatoms. The lowest BCUT2D eigenvalue weighted by atomic mass is 9.44. The van der Waals surface area contributed by atoms with Crippen LogP contribution in [0.5, 0.6) is 0 Å². The van der Waals surface area contributed by atoms with Crippen LogP contribution < -0.4 is 0 Å². The molecule has 0 heterocycles. The van der Waals surface area contributed by atoms with Crippen molar-refractivity contribution in [2.24, 2.45) is 46.3 Å². The molecule has 3 nitrogen and oxygen atoms in total. The van der Waals surface area contributed by atoms with Gasteiger partial charge in [-0.3, -0.25) is 9.59 Å². The maximum Gasteiger partial charge on any atom is 0.303 e. The van der Waals surface area contributed by atoms with Crippen LogP contribution in [0.25, 0.3) is 0 Å². The Balaban J connectivity index is 1.58. The lowest BCUT2D eigenvalue weighted by Crippen LogP contribution is -2.56. The van der Waals surface area contributed by atoms with Crippen molar-refractivity contribution in [3.63, 3.8) is 0 Å². The highest BCUT2D eigenvalue weighted by Gasteiger charge is 2.63. The summed E-state index contributed by atoms with van der Waals surface area (Å²) in [7, 11) is 0.